The fraction of sp³-hybridized carbons (Fsp3) is 0.333. The number of unbranched alkanes of at least 4 members (excludes halogenated alkanes) is 1. The lowest BCUT2D eigenvalue weighted by atomic mass is 9.96. The molecule has 4 aromatic rings. The molecule has 1 atom stereocenters. The molecule has 1 aliphatic rings. The Labute approximate surface area is 212 Å². The van der Waals surface area contributed by atoms with Crippen LogP contribution in [0, 0.1) is 0 Å². The zero-order valence-electron chi connectivity index (χ0n) is 20.9. The average Bonchev–Trinajstić information content (AvgIpc) is 2.89. The number of primary amides is 1. The highest BCUT2D eigenvalue weighted by atomic mass is 16.2. The molecule has 0 bridgehead atoms. The maximum atomic E-state index is 13.0. The summed E-state index contributed by atoms with van der Waals surface area (Å²) < 4.78 is 0. The third kappa shape index (κ3) is 5.06. The van der Waals surface area contributed by atoms with Gasteiger partial charge in [-0.25, -0.2) is 0 Å². The number of anilines is 1. The number of amides is 2. The van der Waals surface area contributed by atoms with E-state index in [1.165, 1.54) is 16.2 Å². The number of carbonyl (C=O) groups excluding carboxylic acids is 2. The topological polar surface area (TPSA) is 78.7 Å². The Bertz CT molecular complexity index is 1410. The van der Waals surface area contributed by atoms with E-state index in [4.69, 9.17) is 5.73 Å². The lowest BCUT2D eigenvalue weighted by Gasteiger charge is -2.36. The van der Waals surface area contributed by atoms with Crippen LogP contribution in [0.4, 0.5) is 5.69 Å². The van der Waals surface area contributed by atoms with Crippen LogP contribution < -0.4 is 11.1 Å². The Morgan fingerprint density at radius 1 is 0.833 bits per heavy atom. The van der Waals surface area contributed by atoms with Crippen LogP contribution in [0.5, 0.6) is 0 Å². The summed E-state index contributed by atoms with van der Waals surface area (Å²) in [4.78, 5) is 29.5. The van der Waals surface area contributed by atoms with Gasteiger partial charge in [-0.3, -0.25) is 14.5 Å². The summed E-state index contributed by atoms with van der Waals surface area (Å²) in [7, 11) is 2.09. The van der Waals surface area contributed by atoms with Gasteiger partial charge in [-0.05, 0) is 52.9 Å². The van der Waals surface area contributed by atoms with Crippen LogP contribution in [-0.4, -0.2) is 60.9 Å². The first-order valence-electron chi connectivity index (χ1n) is 12.9. The molecule has 6 nitrogen and oxygen atoms in total. The summed E-state index contributed by atoms with van der Waals surface area (Å²) in [5.41, 5.74) is 6.55. The van der Waals surface area contributed by atoms with E-state index in [0.29, 0.717) is 12.8 Å². The predicted octanol–water partition coefficient (Wildman–Crippen LogP) is 4.75. The first-order chi connectivity index (χ1) is 17.5. The van der Waals surface area contributed by atoms with Crippen molar-refractivity contribution >= 4 is 49.8 Å². The highest BCUT2D eigenvalue weighted by molar-refractivity contribution is 6.21. The van der Waals surface area contributed by atoms with Crippen molar-refractivity contribution in [3.8, 4) is 0 Å². The second-order valence-electron chi connectivity index (χ2n) is 9.90. The maximum Gasteiger partial charge on any atom is 0.234 e. The molecule has 0 radical (unpaired) electrons. The molecular formula is C30H34N4O2. The van der Waals surface area contributed by atoms with E-state index in [-0.39, 0.29) is 17.9 Å². The van der Waals surface area contributed by atoms with Crippen molar-refractivity contribution < 1.29 is 9.59 Å². The first-order valence-corrected chi connectivity index (χ1v) is 12.9. The van der Waals surface area contributed by atoms with Crippen LogP contribution in [0.2, 0.25) is 0 Å². The van der Waals surface area contributed by atoms with Crippen molar-refractivity contribution in [2.24, 2.45) is 5.73 Å². The van der Waals surface area contributed by atoms with Crippen molar-refractivity contribution in [2.45, 2.75) is 31.7 Å². The minimum absolute atomic E-state index is 0.00466. The zero-order chi connectivity index (χ0) is 25.1. The van der Waals surface area contributed by atoms with Gasteiger partial charge in [0, 0.05) is 43.7 Å². The third-order valence-corrected chi connectivity index (χ3v) is 7.48. The lowest BCUT2D eigenvalue weighted by Crippen LogP contribution is -2.53. The highest BCUT2D eigenvalue weighted by Gasteiger charge is 2.26. The number of likely N-dealkylation sites (N-methyl/N-ethyl adjacent to an activating group) is 1. The number of nitrogens with two attached hydrogens (primary N) is 1. The smallest absolute Gasteiger partial charge is 0.234 e. The van der Waals surface area contributed by atoms with Gasteiger partial charge in [-0.2, -0.15) is 0 Å². The molecule has 1 aliphatic heterocycles. The lowest BCUT2D eigenvalue weighted by molar-refractivity contribution is -0.124. The van der Waals surface area contributed by atoms with Crippen molar-refractivity contribution in [3.63, 3.8) is 0 Å². The van der Waals surface area contributed by atoms with Gasteiger partial charge in [0.25, 0.3) is 0 Å². The molecule has 4 aromatic carbocycles. The Morgan fingerprint density at radius 2 is 1.50 bits per heavy atom. The Kier molecular flexibility index (Phi) is 7.16. The third-order valence-electron chi connectivity index (χ3n) is 7.48. The van der Waals surface area contributed by atoms with E-state index in [1.807, 2.05) is 18.2 Å². The normalized spacial score (nSPS) is 15.9. The van der Waals surface area contributed by atoms with Crippen LogP contribution >= 0.6 is 0 Å². The van der Waals surface area contributed by atoms with Gasteiger partial charge in [-0.15, -0.1) is 0 Å². The van der Waals surface area contributed by atoms with Gasteiger partial charge < -0.3 is 16.0 Å². The minimum atomic E-state index is -0.265. The SMILES string of the molecule is CN1CCN(C(CCCCC(=O)Nc2cc3c4ccccc4ccc3c3ccccc23)C(N)=O)CC1. The molecular weight excluding hydrogens is 448 g/mol. The summed E-state index contributed by atoms with van der Waals surface area (Å²) in [6.07, 6.45) is 2.61. The van der Waals surface area contributed by atoms with Crippen LogP contribution in [0.25, 0.3) is 32.3 Å². The molecule has 1 saturated heterocycles. The number of nitrogens with zero attached hydrogens (tertiary/aromatic N) is 2. The first kappa shape index (κ1) is 24.2. The van der Waals surface area contributed by atoms with E-state index in [1.54, 1.807) is 0 Å². The average molecular weight is 483 g/mol. The zero-order valence-corrected chi connectivity index (χ0v) is 20.9. The molecule has 0 spiro atoms. The van der Waals surface area contributed by atoms with Crippen LogP contribution in [-0.2, 0) is 9.59 Å². The second-order valence-corrected chi connectivity index (χ2v) is 9.90. The summed E-state index contributed by atoms with van der Waals surface area (Å²) in [5.74, 6) is -0.270. The molecule has 1 fully saturated rings. The van der Waals surface area contributed by atoms with Crippen LogP contribution in [0.1, 0.15) is 25.7 Å². The molecule has 36 heavy (non-hydrogen) atoms. The Balaban J connectivity index is 1.28. The number of carbonyl (C=O) groups is 2. The molecule has 186 valence electrons. The molecule has 6 heteroatoms. The molecule has 0 aromatic heterocycles. The fourth-order valence-electron chi connectivity index (χ4n) is 5.44. The molecule has 0 saturated carbocycles. The van der Waals surface area contributed by atoms with E-state index in [2.05, 4.69) is 70.7 Å². The van der Waals surface area contributed by atoms with Gasteiger partial charge in [0.1, 0.15) is 0 Å². The van der Waals surface area contributed by atoms with Crippen LogP contribution in [0.3, 0.4) is 0 Å². The summed E-state index contributed by atoms with van der Waals surface area (Å²) >= 11 is 0. The summed E-state index contributed by atoms with van der Waals surface area (Å²) in [6.45, 7) is 3.60. The number of hydrogen-bond acceptors (Lipinski definition) is 4. The van der Waals surface area contributed by atoms with E-state index in [0.717, 1.165) is 60.9 Å². The number of hydrogen-bond donors (Lipinski definition) is 2. The number of rotatable bonds is 8. The fourth-order valence-corrected chi connectivity index (χ4v) is 5.44. The van der Waals surface area contributed by atoms with Crippen LogP contribution in [0.15, 0.2) is 66.7 Å². The van der Waals surface area contributed by atoms with Gasteiger partial charge in [0.15, 0.2) is 0 Å². The van der Waals surface area contributed by atoms with Gasteiger partial charge in [0.05, 0.1) is 6.04 Å². The molecule has 1 heterocycles. The Hall–Kier alpha value is -3.48. The monoisotopic (exact) mass is 482 g/mol. The number of nitrogens with one attached hydrogen (secondary N) is 1. The number of fused-ring (bicyclic) bond motifs is 5. The van der Waals surface area contributed by atoms with E-state index < -0.39 is 0 Å². The predicted molar refractivity (Wildman–Crippen MR) is 148 cm³/mol. The van der Waals surface area contributed by atoms with Gasteiger partial charge in [0.2, 0.25) is 11.8 Å². The van der Waals surface area contributed by atoms with Gasteiger partial charge in [-0.1, -0.05) is 67.1 Å². The molecule has 0 aliphatic carbocycles. The van der Waals surface area contributed by atoms with Crippen molar-refractivity contribution in [1.82, 2.24) is 9.80 Å². The molecule has 3 N–H and O–H groups in total. The van der Waals surface area contributed by atoms with Crippen molar-refractivity contribution in [2.75, 3.05) is 38.5 Å². The van der Waals surface area contributed by atoms with Gasteiger partial charge >= 0.3 is 0 Å². The van der Waals surface area contributed by atoms with E-state index >= 15 is 0 Å². The summed E-state index contributed by atoms with van der Waals surface area (Å²) in [5, 5.41) is 10.0. The van der Waals surface area contributed by atoms with E-state index in [9.17, 15) is 9.59 Å². The largest absolute Gasteiger partial charge is 0.368 e. The molecule has 2 amide bonds. The second kappa shape index (κ2) is 10.6. The standard InChI is InChI=1S/C30H34N4O2/c1-33-16-18-34(19-17-33)28(30(31)36)12-6-7-13-29(35)32-27-20-26-22-9-3-2-8-21(22)14-15-24(26)23-10-4-5-11-25(23)27/h2-5,8-11,14-15,20,28H,6-7,12-13,16-19H2,1H3,(H2,31,36)(H,32,35). The quantitative estimate of drug-likeness (QED) is 0.281. The van der Waals surface area contributed by atoms with Crippen molar-refractivity contribution in [1.29, 1.82) is 0 Å². The number of piperazine rings is 1. The highest BCUT2D eigenvalue weighted by Crippen LogP contribution is 2.36. The minimum Gasteiger partial charge on any atom is -0.368 e. The number of benzene rings is 4. The summed E-state index contributed by atoms with van der Waals surface area (Å²) in [6, 6.07) is 22.8. The maximum absolute atomic E-state index is 13.0. The molecule has 5 rings (SSSR count). The molecule has 1 unspecified atom stereocenters. The Morgan fingerprint density at radius 3 is 2.25 bits per heavy atom. The van der Waals surface area contributed by atoms with Crippen molar-refractivity contribution in [3.05, 3.63) is 66.7 Å².